The summed E-state index contributed by atoms with van der Waals surface area (Å²) in [4.78, 5) is 24.1. The second-order valence-electron chi connectivity index (χ2n) is 8.36. The largest absolute Gasteiger partial charge is 0.497 e. The molecule has 0 atom stereocenters. The van der Waals surface area contributed by atoms with Crippen molar-refractivity contribution in [3.63, 3.8) is 0 Å². The van der Waals surface area contributed by atoms with Crippen LogP contribution in [-0.4, -0.2) is 73.8 Å². The molecule has 0 radical (unpaired) electrons. The number of methoxy groups -OCH3 is 1. The Labute approximate surface area is 200 Å². The van der Waals surface area contributed by atoms with Crippen LogP contribution < -0.4 is 15.4 Å². The first-order chi connectivity index (χ1) is 16.7. The Morgan fingerprint density at radius 2 is 2.03 bits per heavy atom. The highest BCUT2D eigenvalue weighted by Gasteiger charge is 2.12. The summed E-state index contributed by atoms with van der Waals surface area (Å²) in [5.74, 6) is 1.45. The molecule has 3 aromatic rings. The monoisotopic (exact) mass is 463 g/mol. The van der Waals surface area contributed by atoms with Crippen molar-refractivity contribution in [2.75, 3.05) is 58.4 Å². The maximum Gasteiger partial charge on any atom is 0.238 e. The van der Waals surface area contributed by atoms with Gasteiger partial charge in [-0.1, -0.05) is 13.0 Å². The normalized spacial score (nSPS) is 14.3. The van der Waals surface area contributed by atoms with Gasteiger partial charge in [0, 0.05) is 42.3 Å². The smallest absolute Gasteiger partial charge is 0.238 e. The predicted molar refractivity (Wildman–Crippen MR) is 134 cm³/mol. The van der Waals surface area contributed by atoms with Crippen LogP contribution in [0.25, 0.3) is 22.0 Å². The van der Waals surface area contributed by atoms with Gasteiger partial charge in [-0.15, -0.1) is 0 Å². The van der Waals surface area contributed by atoms with Crippen molar-refractivity contribution in [3.8, 4) is 17.0 Å². The van der Waals surface area contributed by atoms with Crippen LogP contribution >= 0.6 is 0 Å². The number of nitrogens with zero attached hydrogens (tertiary/aromatic N) is 3. The molecule has 34 heavy (non-hydrogen) atoms. The van der Waals surface area contributed by atoms with Gasteiger partial charge in [0.15, 0.2) is 0 Å². The fourth-order valence-electron chi connectivity index (χ4n) is 4.09. The summed E-state index contributed by atoms with van der Waals surface area (Å²) >= 11 is 0. The Morgan fingerprint density at radius 3 is 2.82 bits per heavy atom. The number of aryl methyl sites for hydroxylation is 1. The van der Waals surface area contributed by atoms with Crippen molar-refractivity contribution in [1.82, 2.24) is 20.2 Å². The van der Waals surface area contributed by atoms with E-state index in [-0.39, 0.29) is 12.5 Å². The molecule has 4 rings (SSSR count). The fraction of sp³-hybridized carbons (Fsp3) is 0.423. The quantitative estimate of drug-likeness (QED) is 0.447. The summed E-state index contributed by atoms with van der Waals surface area (Å²) in [5, 5.41) is 8.28. The molecule has 1 aromatic heterocycles. The van der Waals surface area contributed by atoms with Crippen molar-refractivity contribution in [2.24, 2.45) is 0 Å². The Morgan fingerprint density at radius 1 is 1.18 bits per heavy atom. The third-order valence-electron chi connectivity index (χ3n) is 5.97. The highest BCUT2D eigenvalue weighted by molar-refractivity contribution is 6.05. The van der Waals surface area contributed by atoms with E-state index < -0.39 is 0 Å². The molecule has 1 fully saturated rings. The van der Waals surface area contributed by atoms with Crippen LogP contribution in [0.15, 0.2) is 42.6 Å². The van der Waals surface area contributed by atoms with Crippen LogP contribution in [0.2, 0.25) is 0 Å². The van der Waals surface area contributed by atoms with Gasteiger partial charge in [-0.3, -0.25) is 9.69 Å². The maximum atomic E-state index is 12.8. The highest BCUT2D eigenvalue weighted by Crippen LogP contribution is 2.32. The number of ether oxygens (including phenoxy) is 2. The zero-order chi connectivity index (χ0) is 23.8. The third kappa shape index (κ3) is 6.28. The molecule has 8 heteroatoms. The van der Waals surface area contributed by atoms with Crippen molar-refractivity contribution in [2.45, 2.75) is 19.8 Å². The first kappa shape index (κ1) is 24.1. The van der Waals surface area contributed by atoms with Gasteiger partial charge in [0.1, 0.15) is 11.6 Å². The number of amides is 1. The summed E-state index contributed by atoms with van der Waals surface area (Å²) in [6.45, 7) is 7.69. The molecule has 8 nitrogen and oxygen atoms in total. The molecule has 2 aromatic carbocycles. The zero-order valence-corrected chi connectivity index (χ0v) is 20.0. The number of hydrogen-bond donors (Lipinski definition) is 2. The lowest BCUT2D eigenvalue weighted by Crippen LogP contribution is -2.38. The molecule has 1 aliphatic heterocycles. The lowest BCUT2D eigenvalue weighted by Gasteiger charge is -2.26. The van der Waals surface area contributed by atoms with E-state index in [1.54, 1.807) is 13.3 Å². The van der Waals surface area contributed by atoms with E-state index >= 15 is 0 Å². The lowest BCUT2D eigenvalue weighted by molar-refractivity contribution is -0.115. The Hall–Kier alpha value is -3.07. The molecule has 1 aliphatic rings. The zero-order valence-electron chi connectivity index (χ0n) is 20.0. The average molecular weight is 464 g/mol. The summed E-state index contributed by atoms with van der Waals surface area (Å²) in [6.07, 6.45) is 3.54. The fourth-order valence-corrected chi connectivity index (χ4v) is 4.09. The summed E-state index contributed by atoms with van der Waals surface area (Å²) in [5.41, 5.74) is 2.51. The first-order valence-corrected chi connectivity index (χ1v) is 11.9. The minimum atomic E-state index is -0.0791. The standard InChI is InChI=1S/C26H33N5O3/c1-3-25-28-9-7-23(29-25)20-15-19-5-6-21(33-2)17-22(19)24(16-20)30-26(32)18-27-8-4-10-31-11-13-34-14-12-31/h5-7,9,15-17,27H,3-4,8,10-14,18H2,1-2H3,(H,30,32). The number of carbonyl (C=O) groups excluding carboxylic acids is 1. The van der Waals surface area contributed by atoms with Crippen molar-refractivity contribution in [1.29, 1.82) is 0 Å². The van der Waals surface area contributed by atoms with Gasteiger partial charge in [0.05, 0.1) is 32.6 Å². The SMILES string of the molecule is CCc1nccc(-c2cc(NC(=O)CNCCCN3CCOCC3)c3cc(OC)ccc3c2)n1. The van der Waals surface area contributed by atoms with E-state index in [2.05, 4.69) is 31.6 Å². The van der Waals surface area contributed by atoms with E-state index in [4.69, 9.17) is 9.47 Å². The molecule has 1 amide bonds. The summed E-state index contributed by atoms with van der Waals surface area (Å²) in [6, 6.07) is 11.8. The molecule has 0 bridgehead atoms. The number of anilines is 1. The number of morpholine rings is 1. The van der Waals surface area contributed by atoms with E-state index in [1.807, 2.05) is 37.3 Å². The molecule has 0 saturated carbocycles. The van der Waals surface area contributed by atoms with E-state index in [9.17, 15) is 4.79 Å². The summed E-state index contributed by atoms with van der Waals surface area (Å²) in [7, 11) is 1.64. The van der Waals surface area contributed by atoms with Crippen molar-refractivity contribution >= 4 is 22.4 Å². The number of aromatic nitrogens is 2. The third-order valence-corrected chi connectivity index (χ3v) is 5.97. The minimum Gasteiger partial charge on any atom is -0.497 e. The molecule has 180 valence electrons. The van der Waals surface area contributed by atoms with E-state index in [0.717, 1.165) is 91.5 Å². The van der Waals surface area contributed by atoms with E-state index in [1.165, 1.54) is 0 Å². The summed E-state index contributed by atoms with van der Waals surface area (Å²) < 4.78 is 10.8. The second-order valence-corrected chi connectivity index (χ2v) is 8.36. The Balaban J connectivity index is 1.45. The topological polar surface area (TPSA) is 88.6 Å². The minimum absolute atomic E-state index is 0.0791. The number of hydrogen-bond acceptors (Lipinski definition) is 7. The van der Waals surface area contributed by atoms with Gasteiger partial charge >= 0.3 is 0 Å². The predicted octanol–water partition coefficient (Wildman–Crippen LogP) is 3.12. The Kier molecular flexibility index (Phi) is 8.41. The van der Waals surface area contributed by atoms with Crippen molar-refractivity contribution in [3.05, 3.63) is 48.4 Å². The second kappa shape index (κ2) is 11.9. The number of fused-ring (bicyclic) bond motifs is 1. The molecule has 0 aliphatic carbocycles. The van der Waals surface area contributed by atoms with Gasteiger partial charge in [-0.05, 0) is 55.2 Å². The van der Waals surface area contributed by atoms with Crippen LogP contribution in [0, 0.1) is 0 Å². The number of carbonyl (C=O) groups is 1. The molecule has 2 heterocycles. The van der Waals surface area contributed by atoms with Crippen LogP contribution in [-0.2, 0) is 16.0 Å². The molecular weight excluding hydrogens is 430 g/mol. The number of rotatable bonds is 10. The van der Waals surface area contributed by atoms with E-state index in [0.29, 0.717) is 0 Å². The number of benzene rings is 2. The van der Waals surface area contributed by atoms with Gasteiger partial charge < -0.3 is 20.1 Å². The van der Waals surface area contributed by atoms with Crippen LogP contribution in [0.3, 0.4) is 0 Å². The number of nitrogens with one attached hydrogen (secondary N) is 2. The first-order valence-electron chi connectivity index (χ1n) is 11.9. The van der Waals surface area contributed by atoms with Crippen molar-refractivity contribution < 1.29 is 14.3 Å². The lowest BCUT2D eigenvalue weighted by atomic mass is 10.0. The van der Waals surface area contributed by atoms with Gasteiger partial charge in [-0.25, -0.2) is 9.97 Å². The maximum absolute atomic E-state index is 12.8. The van der Waals surface area contributed by atoms with Gasteiger partial charge in [-0.2, -0.15) is 0 Å². The van der Waals surface area contributed by atoms with Crippen LogP contribution in [0.4, 0.5) is 5.69 Å². The molecular formula is C26H33N5O3. The van der Waals surface area contributed by atoms with Crippen LogP contribution in [0.1, 0.15) is 19.2 Å². The van der Waals surface area contributed by atoms with Crippen LogP contribution in [0.5, 0.6) is 5.75 Å². The van der Waals surface area contributed by atoms with Gasteiger partial charge in [0.2, 0.25) is 5.91 Å². The molecule has 2 N–H and O–H groups in total. The molecule has 0 unspecified atom stereocenters. The average Bonchev–Trinajstić information content (AvgIpc) is 2.88. The molecule has 0 spiro atoms. The van der Waals surface area contributed by atoms with Gasteiger partial charge in [0.25, 0.3) is 0 Å². The highest BCUT2D eigenvalue weighted by atomic mass is 16.5. The Bertz CT molecular complexity index is 1110. The molecule has 1 saturated heterocycles.